The standard InChI is InChI=1S/C15H20N4/c1-10(2)12-7-5-6-11(3)15(12)19-14-8-13(16-4)17-9-18-14/h5-10H,1-4H3,(H2,16,17,18,19). The fourth-order valence-electron chi connectivity index (χ4n) is 2.03. The predicted octanol–water partition coefficient (Wildman–Crippen LogP) is 3.69. The maximum atomic E-state index is 4.26. The molecule has 100 valence electrons. The van der Waals surface area contributed by atoms with Crippen LogP contribution in [0.4, 0.5) is 17.3 Å². The largest absolute Gasteiger partial charge is 0.373 e. The monoisotopic (exact) mass is 256 g/mol. The molecule has 2 aromatic rings. The smallest absolute Gasteiger partial charge is 0.135 e. The molecule has 4 heteroatoms. The first-order chi connectivity index (χ1) is 9.11. The molecule has 0 atom stereocenters. The highest BCUT2D eigenvalue weighted by molar-refractivity contribution is 5.66. The molecule has 1 heterocycles. The Hall–Kier alpha value is -2.10. The van der Waals surface area contributed by atoms with Crippen LogP contribution in [0.25, 0.3) is 0 Å². The lowest BCUT2D eigenvalue weighted by atomic mass is 9.98. The second-order valence-corrected chi connectivity index (χ2v) is 4.86. The molecule has 1 aromatic carbocycles. The average Bonchev–Trinajstić information content (AvgIpc) is 2.41. The first-order valence-electron chi connectivity index (χ1n) is 6.48. The van der Waals surface area contributed by atoms with Crippen molar-refractivity contribution in [3.05, 3.63) is 41.7 Å². The number of hydrogen-bond donors (Lipinski definition) is 2. The number of para-hydroxylation sites is 1. The van der Waals surface area contributed by atoms with Crippen LogP contribution in [0.1, 0.15) is 30.9 Å². The van der Waals surface area contributed by atoms with Gasteiger partial charge in [0.15, 0.2) is 0 Å². The first-order valence-corrected chi connectivity index (χ1v) is 6.48. The lowest BCUT2D eigenvalue weighted by molar-refractivity contribution is 0.867. The Morgan fingerprint density at radius 2 is 1.84 bits per heavy atom. The Kier molecular flexibility index (Phi) is 4.00. The third-order valence-electron chi connectivity index (χ3n) is 3.10. The summed E-state index contributed by atoms with van der Waals surface area (Å²) in [7, 11) is 1.85. The molecule has 0 radical (unpaired) electrons. The lowest BCUT2D eigenvalue weighted by Crippen LogP contribution is -2.03. The molecule has 0 fully saturated rings. The zero-order valence-electron chi connectivity index (χ0n) is 11.9. The summed E-state index contributed by atoms with van der Waals surface area (Å²) in [6.07, 6.45) is 1.56. The SMILES string of the molecule is CNc1cc(Nc2c(C)cccc2C(C)C)ncn1. The highest BCUT2D eigenvalue weighted by Gasteiger charge is 2.09. The van der Waals surface area contributed by atoms with Crippen LogP contribution in [0, 0.1) is 6.92 Å². The van der Waals surface area contributed by atoms with Crippen molar-refractivity contribution in [1.82, 2.24) is 9.97 Å². The maximum Gasteiger partial charge on any atom is 0.135 e. The number of aryl methyl sites for hydroxylation is 1. The molecule has 0 bridgehead atoms. The molecule has 0 amide bonds. The zero-order chi connectivity index (χ0) is 13.8. The molecule has 0 spiro atoms. The van der Waals surface area contributed by atoms with Gasteiger partial charge in [-0.15, -0.1) is 0 Å². The van der Waals surface area contributed by atoms with E-state index >= 15 is 0 Å². The van der Waals surface area contributed by atoms with Crippen molar-refractivity contribution in [1.29, 1.82) is 0 Å². The zero-order valence-corrected chi connectivity index (χ0v) is 11.9. The van der Waals surface area contributed by atoms with Gasteiger partial charge in [0, 0.05) is 18.8 Å². The Morgan fingerprint density at radius 1 is 1.11 bits per heavy atom. The van der Waals surface area contributed by atoms with E-state index in [-0.39, 0.29) is 0 Å². The van der Waals surface area contributed by atoms with Gasteiger partial charge in [0.25, 0.3) is 0 Å². The summed E-state index contributed by atoms with van der Waals surface area (Å²) in [6.45, 7) is 6.49. The van der Waals surface area contributed by atoms with Crippen molar-refractivity contribution >= 4 is 17.3 Å². The molecule has 0 unspecified atom stereocenters. The van der Waals surface area contributed by atoms with Crippen LogP contribution in [0.2, 0.25) is 0 Å². The van der Waals surface area contributed by atoms with Gasteiger partial charge < -0.3 is 10.6 Å². The van der Waals surface area contributed by atoms with Gasteiger partial charge in [-0.25, -0.2) is 9.97 Å². The molecule has 2 N–H and O–H groups in total. The number of nitrogens with one attached hydrogen (secondary N) is 2. The summed E-state index contributed by atoms with van der Waals surface area (Å²) < 4.78 is 0. The number of hydrogen-bond acceptors (Lipinski definition) is 4. The summed E-state index contributed by atoms with van der Waals surface area (Å²) in [5.74, 6) is 2.07. The first kappa shape index (κ1) is 13.3. The third-order valence-corrected chi connectivity index (χ3v) is 3.10. The van der Waals surface area contributed by atoms with Crippen molar-refractivity contribution < 1.29 is 0 Å². The normalized spacial score (nSPS) is 10.6. The third kappa shape index (κ3) is 3.02. The van der Waals surface area contributed by atoms with Gasteiger partial charge in [0.05, 0.1) is 0 Å². The van der Waals surface area contributed by atoms with Gasteiger partial charge in [-0.2, -0.15) is 0 Å². The van der Waals surface area contributed by atoms with E-state index in [1.54, 1.807) is 6.33 Å². The number of nitrogens with zero attached hydrogens (tertiary/aromatic N) is 2. The van der Waals surface area contributed by atoms with E-state index in [1.165, 1.54) is 11.1 Å². The Balaban J connectivity index is 2.37. The van der Waals surface area contributed by atoms with Crippen LogP contribution < -0.4 is 10.6 Å². The fourth-order valence-corrected chi connectivity index (χ4v) is 2.03. The summed E-state index contributed by atoms with van der Waals surface area (Å²) >= 11 is 0. The fraction of sp³-hybridized carbons (Fsp3) is 0.333. The predicted molar refractivity (Wildman–Crippen MR) is 80.1 cm³/mol. The number of aromatic nitrogens is 2. The van der Waals surface area contributed by atoms with Gasteiger partial charge in [0.1, 0.15) is 18.0 Å². The van der Waals surface area contributed by atoms with Gasteiger partial charge in [0.2, 0.25) is 0 Å². The molecule has 2 rings (SSSR count). The second-order valence-electron chi connectivity index (χ2n) is 4.86. The second kappa shape index (κ2) is 5.69. The maximum absolute atomic E-state index is 4.26. The van der Waals surface area contributed by atoms with E-state index in [2.05, 4.69) is 59.6 Å². The van der Waals surface area contributed by atoms with Crippen molar-refractivity contribution in [3.63, 3.8) is 0 Å². The Labute approximate surface area is 114 Å². The van der Waals surface area contributed by atoms with Gasteiger partial charge in [-0.3, -0.25) is 0 Å². The van der Waals surface area contributed by atoms with Crippen molar-refractivity contribution in [2.24, 2.45) is 0 Å². The van der Waals surface area contributed by atoms with Crippen LogP contribution in [0.15, 0.2) is 30.6 Å². The van der Waals surface area contributed by atoms with E-state index in [4.69, 9.17) is 0 Å². The quantitative estimate of drug-likeness (QED) is 0.876. The molecular formula is C15H20N4. The number of anilines is 3. The molecule has 0 aliphatic carbocycles. The molecule has 0 aliphatic rings. The minimum Gasteiger partial charge on any atom is -0.373 e. The van der Waals surface area contributed by atoms with Crippen LogP contribution in [-0.4, -0.2) is 17.0 Å². The minimum atomic E-state index is 0.466. The average molecular weight is 256 g/mol. The molecule has 4 nitrogen and oxygen atoms in total. The van der Waals surface area contributed by atoms with E-state index in [9.17, 15) is 0 Å². The number of rotatable bonds is 4. The molecule has 19 heavy (non-hydrogen) atoms. The van der Waals surface area contributed by atoms with E-state index < -0.39 is 0 Å². The van der Waals surface area contributed by atoms with Gasteiger partial charge in [-0.05, 0) is 24.0 Å². The topological polar surface area (TPSA) is 49.8 Å². The van der Waals surface area contributed by atoms with Crippen LogP contribution in [0.5, 0.6) is 0 Å². The molecular weight excluding hydrogens is 236 g/mol. The van der Waals surface area contributed by atoms with E-state index in [1.807, 2.05) is 13.1 Å². The van der Waals surface area contributed by atoms with Crippen molar-refractivity contribution in [3.8, 4) is 0 Å². The summed E-state index contributed by atoms with van der Waals surface area (Å²) in [5, 5.41) is 6.42. The van der Waals surface area contributed by atoms with Crippen LogP contribution >= 0.6 is 0 Å². The molecule has 0 saturated heterocycles. The lowest BCUT2D eigenvalue weighted by Gasteiger charge is -2.17. The highest BCUT2D eigenvalue weighted by atomic mass is 15.1. The van der Waals surface area contributed by atoms with Gasteiger partial charge >= 0.3 is 0 Å². The summed E-state index contributed by atoms with van der Waals surface area (Å²) in [6, 6.07) is 8.25. The minimum absolute atomic E-state index is 0.466. The summed E-state index contributed by atoms with van der Waals surface area (Å²) in [5.41, 5.74) is 3.65. The molecule has 0 aliphatic heterocycles. The van der Waals surface area contributed by atoms with Crippen LogP contribution in [-0.2, 0) is 0 Å². The van der Waals surface area contributed by atoms with Crippen LogP contribution in [0.3, 0.4) is 0 Å². The molecule has 1 aromatic heterocycles. The Morgan fingerprint density at radius 3 is 2.53 bits per heavy atom. The Bertz CT molecular complexity index is 564. The highest BCUT2D eigenvalue weighted by Crippen LogP contribution is 2.29. The van der Waals surface area contributed by atoms with Gasteiger partial charge in [-0.1, -0.05) is 32.0 Å². The van der Waals surface area contributed by atoms with Crippen molar-refractivity contribution in [2.75, 3.05) is 17.7 Å². The van der Waals surface area contributed by atoms with Crippen molar-refractivity contribution in [2.45, 2.75) is 26.7 Å². The molecule has 0 saturated carbocycles. The number of benzene rings is 1. The van der Waals surface area contributed by atoms with E-state index in [0.717, 1.165) is 17.3 Å². The summed E-state index contributed by atoms with van der Waals surface area (Å²) in [4.78, 5) is 8.38. The van der Waals surface area contributed by atoms with E-state index in [0.29, 0.717) is 5.92 Å².